The van der Waals surface area contributed by atoms with E-state index in [-0.39, 0.29) is 11.3 Å². The molecule has 1 spiro atoms. The molecule has 1 aromatic heterocycles. The van der Waals surface area contributed by atoms with Crippen LogP contribution in [0.2, 0.25) is 0 Å². The Kier molecular flexibility index (Phi) is 4.80. The van der Waals surface area contributed by atoms with Crippen molar-refractivity contribution in [3.63, 3.8) is 0 Å². The number of carbonyl (C=O) groups is 1. The van der Waals surface area contributed by atoms with Gasteiger partial charge in [0.05, 0.1) is 0 Å². The molecule has 1 saturated carbocycles. The Morgan fingerprint density at radius 1 is 1.00 bits per heavy atom. The van der Waals surface area contributed by atoms with Crippen LogP contribution in [-0.4, -0.2) is 49.7 Å². The Morgan fingerprint density at radius 3 is 2.41 bits per heavy atom. The highest BCUT2D eigenvalue weighted by atomic mass is 32.2. The number of rotatable bonds is 4. The van der Waals surface area contributed by atoms with E-state index in [1.807, 2.05) is 18.2 Å². The van der Waals surface area contributed by atoms with Crippen molar-refractivity contribution in [2.24, 2.45) is 11.3 Å². The molecule has 1 aliphatic carbocycles. The molecule has 0 radical (unpaired) electrons. The van der Waals surface area contributed by atoms with Gasteiger partial charge in [0.25, 0.3) is 10.0 Å². The summed E-state index contributed by atoms with van der Waals surface area (Å²) in [6, 6.07) is 13.8. The molecular formula is C22H26N2O3S2. The van der Waals surface area contributed by atoms with E-state index in [1.54, 1.807) is 21.8 Å². The van der Waals surface area contributed by atoms with Gasteiger partial charge in [-0.15, -0.1) is 11.3 Å². The Labute approximate surface area is 176 Å². The zero-order valence-corrected chi connectivity index (χ0v) is 18.0. The fourth-order valence-electron chi connectivity index (χ4n) is 5.04. The molecule has 3 fully saturated rings. The number of benzene rings is 1. The van der Waals surface area contributed by atoms with Crippen LogP contribution in [-0.2, 0) is 14.8 Å². The van der Waals surface area contributed by atoms with Crippen molar-refractivity contribution in [3.8, 4) is 0 Å². The first kappa shape index (κ1) is 19.3. The Bertz CT molecular complexity index is 980. The number of nitrogens with zero attached hydrogens (tertiary/aromatic N) is 2. The summed E-state index contributed by atoms with van der Waals surface area (Å²) >= 11 is 1.28. The number of thiophene rings is 1. The van der Waals surface area contributed by atoms with Gasteiger partial charge in [-0.05, 0) is 54.0 Å². The summed E-state index contributed by atoms with van der Waals surface area (Å²) in [6.07, 6.45) is 3.63. The second-order valence-corrected chi connectivity index (χ2v) is 11.8. The van der Waals surface area contributed by atoms with Gasteiger partial charge in [0.2, 0.25) is 5.91 Å². The molecule has 0 N–H and O–H groups in total. The molecule has 154 valence electrons. The number of likely N-dealkylation sites (tertiary alicyclic amines) is 1. The predicted molar refractivity (Wildman–Crippen MR) is 113 cm³/mol. The molecule has 3 heterocycles. The second-order valence-electron chi connectivity index (χ2n) is 8.71. The van der Waals surface area contributed by atoms with E-state index in [9.17, 15) is 13.2 Å². The number of hydrogen-bond acceptors (Lipinski definition) is 4. The lowest BCUT2D eigenvalue weighted by atomic mass is 9.78. The SMILES string of the molecule is O=C([C@@H]1C[C@H]1c1ccccc1)N1CCC2(CCN(S(=O)(=O)c3cccs3)CC2)C1. The monoisotopic (exact) mass is 430 g/mol. The number of hydrogen-bond donors (Lipinski definition) is 0. The lowest BCUT2D eigenvalue weighted by molar-refractivity contribution is -0.132. The van der Waals surface area contributed by atoms with Gasteiger partial charge in [-0.25, -0.2) is 8.42 Å². The van der Waals surface area contributed by atoms with Crippen molar-refractivity contribution in [1.29, 1.82) is 0 Å². The van der Waals surface area contributed by atoms with Crippen LogP contribution in [0.4, 0.5) is 0 Å². The van der Waals surface area contributed by atoms with Crippen LogP contribution in [0.5, 0.6) is 0 Å². The van der Waals surface area contributed by atoms with Crippen LogP contribution in [0.1, 0.15) is 37.2 Å². The molecule has 5 nitrogen and oxygen atoms in total. The van der Waals surface area contributed by atoms with Crippen molar-refractivity contribution in [1.82, 2.24) is 9.21 Å². The van der Waals surface area contributed by atoms with Crippen molar-refractivity contribution in [2.45, 2.75) is 35.8 Å². The summed E-state index contributed by atoms with van der Waals surface area (Å²) in [5.74, 6) is 0.800. The number of sulfonamides is 1. The normalized spacial score (nSPS) is 26.7. The molecule has 0 unspecified atom stereocenters. The van der Waals surface area contributed by atoms with Crippen LogP contribution in [0.25, 0.3) is 0 Å². The van der Waals surface area contributed by atoms with Crippen LogP contribution < -0.4 is 0 Å². The average molecular weight is 431 g/mol. The lowest BCUT2D eigenvalue weighted by Crippen LogP contribution is -2.44. The van der Waals surface area contributed by atoms with Crippen LogP contribution >= 0.6 is 11.3 Å². The van der Waals surface area contributed by atoms with Gasteiger partial charge in [0, 0.05) is 32.1 Å². The van der Waals surface area contributed by atoms with Crippen LogP contribution in [0.15, 0.2) is 52.1 Å². The topological polar surface area (TPSA) is 57.7 Å². The number of piperidine rings is 1. The summed E-state index contributed by atoms with van der Waals surface area (Å²) in [6.45, 7) is 2.71. The third kappa shape index (κ3) is 3.53. The van der Waals surface area contributed by atoms with Crippen molar-refractivity contribution in [2.75, 3.05) is 26.2 Å². The third-order valence-corrected chi connectivity index (χ3v) is 10.2. The summed E-state index contributed by atoms with van der Waals surface area (Å²) in [5, 5.41) is 1.80. The summed E-state index contributed by atoms with van der Waals surface area (Å²) in [4.78, 5) is 15.1. The zero-order valence-electron chi connectivity index (χ0n) is 16.4. The molecular weight excluding hydrogens is 404 g/mol. The van der Waals surface area contributed by atoms with E-state index in [4.69, 9.17) is 0 Å². The first-order valence-corrected chi connectivity index (χ1v) is 12.7. The number of amides is 1. The molecule has 5 rings (SSSR count). The minimum atomic E-state index is -3.36. The molecule has 7 heteroatoms. The quantitative estimate of drug-likeness (QED) is 0.745. The molecule has 3 aliphatic rings. The smallest absolute Gasteiger partial charge is 0.252 e. The van der Waals surface area contributed by atoms with Gasteiger partial charge in [-0.2, -0.15) is 4.31 Å². The van der Waals surface area contributed by atoms with Crippen molar-refractivity contribution >= 4 is 27.3 Å². The molecule has 1 aromatic carbocycles. The van der Waals surface area contributed by atoms with E-state index in [1.165, 1.54) is 16.9 Å². The van der Waals surface area contributed by atoms with Gasteiger partial charge in [0.1, 0.15) is 4.21 Å². The second kappa shape index (κ2) is 7.22. The van der Waals surface area contributed by atoms with E-state index >= 15 is 0 Å². The Balaban J connectivity index is 1.19. The van der Waals surface area contributed by atoms with Gasteiger partial charge >= 0.3 is 0 Å². The summed E-state index contributed by atoms with van der Waals surface area (Å²) in [5.41, 5.74) is 1.36. The maximum atomic E-state index is 13.0. The van der Waals surface area contributed by atoms with Crippen LogP contribution in [0, 0.1) is 11.3 Å². The fraction of sp³-hybridized carbons (Fsp3) is 0.500. The van der Waals surface area contributed by atoms with E-state index in [0.29, 0.717) is 29.1 Å². The largest absolute Gasteiger partial charge is 0.342 e. The fourth-order valence-corrected chi connectivity index (χ4v) is 7.63. The highest BCUT2D eigenvalue weighted by Crippen LogP contribution is 2.50. The maximum absolute atomic E-state index is 13.0. The average Bonchev–Trinajstić information content (AvgIpc) is 3.13. The Morgan fingerprint density at radius 2 is 1.72 bits per heavy atom. The summed E-state index contributed by atoms with van der Waals surface area (Å²) < 4.78 is 27.6. The van der Waals surface area contributed by atoms with E-state index < -0.39 is 10.0 Å². The predicted octanol–water partition coefficient (Wildman–Crippen LogP) is 3.56. The molecule has 2 aliphatic heterocycles. The lowest BCUT2D eigenvalue weighted by Gasteiger charge is -2.38. The zero-order chi connectivity index (χ0) is 20.1. The van der Waals surface area contributed by atoms with Crippen LogP contribution in [0.3, 0.4) is 0 Å². The molecule has 2 atom stereocenters. The van der Waals surface area contributed by atoms with Gasteiger partial charge < -0.3 is 4.90 Å². The molecule has 2 saturated heterocycles. The third-order valence-electron chi connectivity index (χ3n) is 6.96. The van der Waals surface area contributed by atoms with Gasteiger partial charge in [0.15, 0.2) is 0 Å². The van der Waals surface area contributed by atoms with Gasteiger partial charge in [-0.3, -0.25) is 4.79 Å². The standard InChI is InChI=1S/C22H26N2O3S2/c25-21(19-15-18(19)17-5-2-1-3-6-17)23-11-8-22(16-23)9-12-24(13-10-22)29(26,27)20-7-4-14-28-20/h1-7,14,18-19H,8-13,15-16H2/t18-,19+/m0/s1. The van der Waals surface area contributed by atoms with Gasteiger partial charge in [-0.1, -0.05) is 36.4 Å². The molecule has 0 bridgehead atoms. The maximum Gasteiger partial charge on any atom is 0.252 e. The Hall–Kier alpha value is -1.70. The highest BCUT2D eigenvalue weighted by molar-refractivity contribution is 7.91. The number of carbonyl (C=O) groups excluding carboxylic acids is 1. The van der Waals surface area contributed by atoms with E-state index in [0.717, 1.165) is 38.8 Å². The molecule has 29 heavy (non-hydrogen) atoms. The summed E-state index contributed by atoms with van der Waals surface area (Å²) in [7, 11) is -3.36. The molecule has 2 aromatic rings. The van der Waals surface area contributed by atoms with Crippen molar-refractivity contribution < 1.29 is 13.2 Å². The van der Waals surface area contributed by atoms with Crippen molar-refractivity contribution in [3.05, 3.63) is 53.4 Å². The highest BCUT2D eigenvalue weighted by Gasteiger charge is 2.50. The first-order chi connectivity index (χ1) is 14.0. The molecule has 1 amide bonds. The minimum Gasteiger partial charge on any atom is -0.342 e. The minimum absolute atomic E-state index is 0.0915. The van der Waals surface area contributed by atoms with E-state index in [2.05, 4.69) is 17.0 Å². The first-order valence-electron chi connectivity index (χ1n) is 10.4.